The van der Waals surface area contributed by atoms with Crippen molar-refractivity contribution in [2.45, 2.75) is 32.2 Å². The van der Waals surface area contributed by atoms with Crippen LogP contribution in [0.15, 0.2) is 42.5 Å². The summed E-state index contributed by atoms with van der Waals surface area (Å²) in [6.07, 6.45) is 3.10. The van der Waals surface area contributed by atoms with Gasteiger partial charge in [-0.15, -0.1) is 0 Å². The Kier molecular flexibility index (Phi) is 5.86. The van der Waals surface area contributed by atoms with E-state index in [-0.39, 0.29) is 6.04 Å². The monoisotopic (exact) mass is 398 g/mol. The summed E-state index contributed by atoms with van der Waals surface area (Å²) in [6, 6.07) is 14.4. The topological polar surface area (TPSA) is 43.0 Å². The molecule has 0 radical (unpaired) electrons. The van der Waals surface area contributed by atoms with Crippen molar-refractivity contribution in [3.05, 3.63) is 48.0 Å². The van der Waals surface area contributed by atoms with Crippen LogP contribution in [0.4, 0.5) is 5.69 Å². The lowest BCUT2D eigenvalue weighted by molar-refractivity contribution is 0.296. The van der Waals surface area contributed by atoms with Gasteiger partial charge in [0.1, 0.15) is 5.75 Å². The second-order valence-corrected chi connectivity index (χ2v) is 7.38. The minimum atomic E-state index is 0.250. The highest BCUT2D eigenvalue weighted by Crippen LogP contribution is 2.38. The summed E-state index contributed by atoms with van der Waals surface area (Å²) < 4.78 is 17.1. The molecule has 148 valence electrons. The van der Waals surface area contributed by atoms with E-state index in [9.17, 15) is 0 Å². The van der Waals surface area contributed by atoms with E-state index in [1.807, 2.05) is 37.3 Å². The van der Waals surface area contributed by atoms with Crippen LogP contribution in [-0.2, 0) is 0 Å². The van der Waals surface area contributed by atoms with Gasteiger partial charge in [0.05, 0.1) is 25.9 Å². The molecule has 2 heterocycles. The van der Waals surface area contributed by atoms with Gasteiger partial charge >= 0.3 is 0 Å². The van der Waals surface area contributed by atoms with Gasteiger partial charge in [-0.25, -0.2) is 0 Å². The molecule has 6 heteroatoms. The second kappa shape index (κ2) is 8.69. The quantitative estimate of drug-likeness (QED) is 0.748. The molecule has 0 unspecified atom stereocenters. The lowest BCUT2D eigenvalue weighted by Crippen LogP contribution is -2.34. The third-order valence-electron chi connectivity index (χ3n) is 5.09. The van der Waals surface area contributed by atoms with Crippen molar-refractivity contribution in [2.24, 2.45) is 0 Å². The molecule has 0 aliphatic carbocycles. The van der Waals surface area contributed by atoms with Gasteiger partial charge in [0.25, 0.3) is 0 Å². The summed E-state index contributed by atoms with van der Waals surface area (Å²) in [5.41, 5.74) is 2.19. The second-order valence-electron chi connectivity index (χ2n) is 7.00. The molecule has 4 rings (SSSR count). The van der Waals surface area contributed by atoms with Crippen LogP contribution in [0, 0.1) is 0 Å². The fourth-order valence-corrected chi connectivity index (χ4v) is 4.08. The minimum absolute atomic E-state index is 0.250. The average molecular weight is 399 g/mol. The molecule has 1 saturated heterocycles. The molecular weight excluding hydrogens is 372 g/mol. The first-order valence-electron chi connectivity index (χ1n) is 9.94. The van der Waals surface area contributed by atoms with Crippen LogP contribution in [0.25, 0.3) is 0 Å². The predicted octanol–water partition coefficient (Wildman–Crippen LogP) is 4.78. The van der Waals surface area contributed by atoms with Crippen LogP contribution in [0.5, 0.6) is 17.2 Å². The molecular formula is C22H26N2O3S. The van der Waals surface area contributed by atoms with Crippen LogP contribution in [0.2, 0.25) is 0 Å². The summed E-state index contributed by atoms with van der Waals surface area (Å²) in [5.74, 6) is 2.54. The Morgan fingerprint density at radius 3 is 2.68 bits per heavy atom. The molecule has 2 aliphatic rings. The zero-order chi connectivity index (χ0) is 19.3. The Hall–Kier alpha value is -2.47. The van der Waals surface area contributed by atoms with Gasteiger partial charge in [-0.3, -0.25) is 0 Å². The highest BCUT2D eigenvalue weighted by molar-refractivity contribution is 7.80. The Morgan fingerprint density at radius 1 is 1.11 bits per heavy atom. The summed E-state index contributed by atoms with van der Waals surface area (Å²) in [7, 11) is 0. The van der Waals surface area contributed by atoms with E-state index >= 15 is 0 Å². The minimum Gasteiger partial charge on any atom is -0.494 e. The zero-order valence-corrected chi connectivity index (χ0v) is 17.0. The molecule has 0 aromatic heterocycles. The zero-order valence-electron chi connectivity index (χ0n) is 16.1. The van der Waals surface area contributed by atoms with E-state index in [4.69, 9.17) is 26.4 Å². The lowest BCUT2D eigenvalue weighted by Gasteiger charge is -2.28. The number of hydrogen-bond acceptors (Lipinski definition) is 4. The van der Waals surface area contributed by atoms with E-state index in [0.29, 0.717) is 19.8 Å². The van der Waals surface area contributed by atoms with E-state index in [1.165, 1.54) is 5.56 Å². The van der Waals surface area contributed by atoms with Gasteiger partial charge in [-0.05, 0) is 73.9 Å². The molecule has 1 atom stereocenters. The number of nitrogens with zero attached hydrogens (tertiary/aromatic N) is 1. The van der Waals surface area contributed by atoms with E-state index in [0.717, 1.165) is 53.9 Å². The molecule has 0 saturated carbocycles. The predicted molar refractivity (Wildman–Crippen MR) is 115 cm³/mol. The fraction of sp³-hybridized carbons (Fsp3) is 0.409. The van der Waals surface area contributed by atoms with Gasteiger partial charge in [0, 0.05) is 18.7 Å². The Balaban J connectivity index is 1.47. The number of thiocarbonyl (C=S) groups is 1. The van der Waals surface area contributed by atoms with Crippen LogP contribution in [0.3, 0.4) is 0 Å². The first-order valence-corrected chi connectivity index (χ1v) is 10.4. The van der Waals surface area contributed by atoms with Gasteiger partial charge in [0.15, 0.2) is 16.6 Å². The summed E-state index contributed by atoms with van der Waals surface area (Å²) in [5, 5.41) is 4.12. The first-order chi connectivity index (χ1) is 13.7. The van der Waals surface area contributed by atoms with E-state index in [2.05, 4.69) is 22.3 Å². The Morgan fingerprint density at radius 2 is 1.89 bits per heavy atom. The molecule has 28 heavy (non-hydrogen) atoms. The third-order valence-corrected chi connectivity index (χ3v) is 5.42. The van der Waals surface area contributed by atoms with Crippen LogP contribution in [-0.4, -0.2) is 36.4 Å². The third kappa shape index (κ3) is 4.17. The van der Waals surface area contributed by atoms with Crippen LogP contribution in [0.1, 0.15) is 37.8 Å². The maximum atomic E-state index is 5.87. The maximum absolute atomic E-state index is 5.87. The van der Waals surface area contributed by atoms with Gasteiger partial charge < -0.3 is 24.4 Å². The molecule has 1 N–H and O–H groups in total. The number of hydrogen-bond donors (Lipinski definition) is 1. The average Bonchev–Trinajstić information content (AvgIpc) is 3.09. The summed E-state index contributed by atoms with van der Waals surface area (Å²) >= 11 is 5.73. The van der Waals surface area contributed by atoms with Crippen molar-refractivity contribution >= 4 is 23.0 Å². The summed E-state index contributed by atoms with van der Waals surface area (Å²) in [6.45, 7) is 4.99. The van der Waals surface area contributed by atoms with Crippen molar-refractivity contribution in [3.8, 4) is 17.2 Å². The number of anilines is 1. The maximum Gasteiger partial charge on any atom is 0.173 e. The van der Waals surface area contributed by atoms with E-state index < -0.39 is 0 Å². The molecule has 0 amide bonds. The smallest absolute Gasteiger partial charge is 0.173 e. The van der Waals surface area contributed by atoms with Crippen LogP contribution >= 0.6 is 12.2 Å². The standard InChI is InChI=1S/C22H26N2O3S/c1-2-25-18-9-7-17(8-10-18)23-22(28)24-12-3-5-19(24)16-6-11-20-21(15-16)27-14-4-13-26-20/h6-11,15,19H,2-5,12-14H2,1H3,(H,23,28)/t19-/m0/s1. The van der Waals surface area contributed by atoms with Crippen molar-refractivity contribution in [2.75, 3.05) is 31.7 Å². The molecule has 2 aliphatic heterocycles. The molecule has 0 bridgehead atoms. The van der Waals surface area contributed by atoms with Crippen molar-refractivity contribution in [1.82, 2.24) is 4.90 Å². The first kappa shape index (κ1) is 18.9. The number of ether oxygens (including phenoxy) is 3. The largest absolute Gasteiger partial charge is 0.494 e. The van der Waals surface area contributed by atoms with Crippen molar-refractivity contribution in [3.63, 3.8) is 0 Å². The highest BCUT2D eigenvalue weighted by atomic mass is 32.1. The van der Waals surface area contributed by atoms with E-state index in [1.54, 1.807) is 0 Å². The van der Waals surface area contributed by atoms with Gasteiger partial charge in [-0.1, -0.05) is 6.07 Å². The molecule has 2 aromatic carbocycles. The number of benzene rings is 2. The number of nitrogens with one attached hydrogen (secondary N) is 1. The SMILES string of the molecule is CCOc1ccc(NC(=S)N2CCC[C@H]2c2ccc3c(c2)OCCCO3)cc1. The van der Waals surface area contributed by atoms with Crippen molar-refractivity contribution < 1.29 is 14.2 Å². The fourth-order valence-electron chi connectivity index (χ4n) is 3.74. The van der Waals surface area contributed by atoms with Gasteiger partial charge in [-0.2, -0.15) is 0 Å². The number of fused-ring (bicyclic) bond motifs is 1. The van der Waals surface area contributed by atoms with Crippen LogP contribution < -0.4 is 19.5 Å². The Bertz CT molecular complexity index is 825. The molecule has 1 fully saturated rings. The molecule has 5 nitrogen and oxygen atoms in total. The number of rotatable bonds is 4. The van der Waals surface area contributed by atoms with Crippen molar-refractivity contribution in [1.29, 1.82) is 0 Å². The normalized spacial score (nSPS) is 18.5. The molecule has 0 spiro atoms. The summed E-state index contributed by atoms with van der Waals surface area (Å²) in [4.78, 5) is 2.27. The lowest BCUT2D eigenvalue weighted by atomic mass is 10.0. The van der Waals surface area contributed by atoms with Gasteiger partial charge in [0.2, 0.25) is 0 Å². The molecule has 2 aromatic rings. The number of likely N-dealkylation sites (tertiary alicyclic amines) is 1. The Labute approximate surface area is 171 Å². The highest BCUT2D eigenvalue weighted by Gasteiger charge is 2.29.